The summed E-state index contributed by atoms with van der Waals surface area (Å²) in [5.74, 6) is 0.308. The average molecular weight is 394 g/mol. The summed E-state index contributed by atoms with van der Waals surface area (Å²) in [6.45, 7) is 10.8. The lowest BCUT2D eigenvalue weighted by Gasteiger charge is -2.56. The summed E-state index contributed by atoms with van der Waals surface area (Å²) in [5.41, 5.74) is 0.804. The molecule has 1 aromatic rings. The number of epoxide rings is 1. The molecule has 0 radical (unpaired) electrons. The maximum atomic E-state index is 6.29. The molecule has 1 aromatic carbocycles. The number of nitrogens with zero attached hydrogens (tertiary/aromatic N) is 1. The number of hydrogen-bond acceptors (Lipinski definition) is 6. The standard InChI is InChI=1S/C22H35NO5/c1-20(2)15-22(24-5,25-6)16-21(3,4)23(20)28-12-11-17-7-9-18(10-8-17)26-13-19-14-27-19/h7-10,19H,11-16H2,1-6H3. The van der Waals surface area contributed by atoms with Gasteiger partial charge in [-0.2, -0.15) is 5.06 Å². The molecule has 3 rings (SSSR count). The van der Waals surface area contributed by atoms with E-state index in [0.29, 0.717) is 13.2 Å². The third-order valence-corrected chi connectivity index (χ3v) is 5.62. The Morgan fingerprint density at radius 3 is 2.07 bits per heavy atom. The van der Waals surface area contributed by atoms with Gasteiger partial charge < -0.3 is 18.9 Å². The minimum atomic E-state index is -0.575. The van der Waals surface area contributed by atoms with Crippen molar-refractivity contribution in [2.24, 2.45) is 0 Å². The topological polar surface area (TPSA) is 52.7 Å². The average Bonchev–Trinajstić information content (AvgIpc) is 3.46. The first kappa shape index (κ1) is 21.5. The SMILES string of the molecule is COC1(OC)CC(C)(C)N(OCCc2ccc(OCC3CO3)cc2)C(C)(C)C1. The molecule has 0 aliphatic carbocycles. The Bertz CT molecular complexity index is 615. The van der Waals surface area contributed by atoms with E-state index in [4.69, 9.17) is 23.8 Å². The van der Waals surface area contributed by atoms with Crippen LogP contribution in [0.25, 0.3) is 0 Å². The molecule has 158 valence electrons. The lowest BCUT2D eigenvalue weighted by Crippen LogP contribution is -2.66. The van der Waals surface area contributed by atoms with Gasteiger partial charge in [-0.1, -0.05) is 12.1 Å². The number of benzene rings is 1. The molecule has 0 bridgehead atoms. The lowest BCUT2D eigenvalue weighted by atomic mass is 9.78. The van der Waals surface area contributed by atoms with E-state index < -0.39 is 5.79 Å². The summed E-state index contributed by atoms with van der Waals surface area (Å²) < 4.78 is 22.3. The van der Waals surface area contributed by atoms with E-state index in [1.165, 1.54) is 5.56 Å². The Kier molecular flexibility index (Phi) is 6.37. The van der Waals surface area contributed by atoms with Crippen molar-refractivity contribution < 1.29 is 23.8 Å². The zero-order valence-corrected chi connectivity index (χ0v) is 18.1. The van der Waals surface area contributed by atoms with Crippen LogP contribution in [0.3, 0.4) is 0 Å². The first-order valence-corrected chi connectivity index (χ1v) is 10.1. The van der Waals surface area contributed by atoms with Gasteiger partial charge in [-0.05, 0) is 51.8 Å². The zero-order chi connectivity index (χ0) is 20.4. The molecular weight excluding hydrogens is 358 g/mol. The van der Waals surface area contributed by atoms with Gasteiger partial charge in [0.25, 0.3) is 0 Å². The van der Waals surface area contributed by atoms with Gasteiger partial charge in [-0.25, -0.2) is 0 Å². The van der Waals surface area contributed by atoms with Gasteiger partial charge in [0.1, 0.15) is 18.5 Å². The van der Waals surface area contributed by atoms with Gasteiger partial charge in [0.05, 0.1) is 13.2 Å². The minimum absolute atomic E-state index is 0.212. The highest BCUT2D eigenvalue weighted by Crippen LogP contribution is 2.45. The zero-order valence-electron chi connectivity index (χ0n) is 18.1. The van der Waals surface area contributed by atoms with Gasteiger partial charge in [-0.15, -0.1) is 0 Å². The van der Waals surface area contributed by atoms with Crippen molar-refractivity contribution in [3.05, 3.63) is 29.8 Å². The number of methoxy groups -OCH3 is 2. The number of ether oxygens (including phenoxy) is 4. The molecule has 6 nitrogen and oxygen atoms in total. The van der Waals surface area contributed by atoms with Crippen LogP contribution in [-0.4, -0.2) is 62.1 Å². The first-order valence-electron chi connectivity index (χ1n) is 10.1. The van der Waals surface area contributed by atoms with Crippen molar-refractivity contribution >= 4 is 0 Å². The van der Waals surface area contributed by atoms with Crippen LogP contribution in [-0.2, 0) is 25.5 Å². The fraction of sp³-hybridized carbons (Fsp3) is 0.727. The summed E-state index contributed by atoms with van der Waals surface area (Å²) in [6.07, 6.45) is 2.61. The van der Waals surface area contributed by atoms with E-state index in [1.807, 2.05) is 12.1 Å². The maximum Gasteiger partial charge on any atom is 0.171 e. The highest BCUT2D eigenvalue weighted by Gasteiger charge is 2.54. The van der Waals surface area contributed by atoms with Gasteiger partial charge in [0.15, 0.2) is 5.79 Å². The first-order chi connectivity index (χ1) is 13.2. The minimum Gasteiger partial charge on any atom is -0.491 e. The maximum absolute atomic E-state index is 6.29. The Labute approximate surface area is 169 Å². The van der Waals surface area contributed by atoms with Crippen LogP contribution in [0, 0.1) is 0 Å². The quantitative estimate of drug-likeness (QED) is 0.472. The van der Waals surface area contributed by atoms with E-state index in [-0.39, 0.29) is 17.2 Å². The molecule has 2 heterocycles. The van der Waals surface area contributed by atoms with E-state index in [1.54, 1.807) is 14.2 Å². The smallest absolute Gasteiger partial charge is 0.171 e. The molecule has 2 saturated heterocycles. The Balaban J connectivity index is 1.54. The van der Waals surface area contributed by atoms with Crippen molar-refractivity contribution in [2.75, 3.05) is 34.0 Å². The van der Waals surface area contributed by atoms with E-state index in [9.17, 15) is 0 Å². The third kappa shape index (κ3) is 5.05. The van der Waals surface area contributed by atoms with Crippen LogP contribution in [0.5, 0.6) is 5.75 Å². The predicted molar refractivity (Wildman–Crippen MR) is 107 cm³/mol. The molecule has 0 N–H and O–H groups in total. The van der Waals surface area contributed by atoms with Gasteiger partial charge >= 0.3 is 0 Å². The Morgan fingerprint density at radius 1 is 1.00 bits per heavy atom. The van der Waals surface area contributed by atoms with Crippen molar-refractivity contribution in [1.29, 1.82) is 0 Å². The summed E-state index contributed by atoms with van der Waals surface area (Å²) in [5, 5.41) is 2.13. The van der Waals surface area contributed by atoms with Crippen LogP contribution < -0.4 is 4.74 Å². The summed E-state index contributed by atoms with van der Waals surface area (Å²) >= 11 is 0. The van der Waals surface area contributed by atoms with Crippen LogP contribution >= 0.6 is 0 Å². The molecule has 6 heteroatoms. The molecular formula is C22H35NO5. The highest BCUT2D eigenvalue weighted by molar-refractivity contribution is 5.27. The molecule has 2 fully saturated rings. The van der Waals surface area contributed by atoms with Crippen LogP contribution in [0.1, 0.15) is 46.1 Å². The van der Waals surface area contributed by atoms with E-state index >= 15 is 0 Å². The van der Waals surface area contributed by atoms with Gasteiger partial charge in [-0.3, -0.25) is 4.84 Å². The van der Waals surface area contributed by atoms with E-state index in [0.717, 1.165) is 31.6 Å². The number of hydrogen-bond donors (Lipinski definition) is 0. The predicted octanol–water partition coefficient (Wildman–Crippen LogP) is 3.58. The molecule has 2 aliphatic heterocycles. The second kappa shape index (κ2) is 8.28. The molecule has 0 amide bonds. The molecule has 2 aliphatic rings. The lowest BCUT2D eigenvalue weighted by molar-refractivity contribution is -0.347. The molecule has 0 spiro atoms. The Hall–Kier alpha value is -1.18. The molecule has 0 saturated carbocycles. The molecule has 1 atom stereocenters. The van der Waals surface area contributed by atoms with Crippen molar-refractivity contribution in [3.63, 3.8) is 0 Å². The Morgan fingerprint density at radius 2 is 1.57 bits per heavy atom. The monoisotopic (exact) mass is 393 g/mol. The molecule has 28 heavy (non-hydrogen) atoms. The normalized spacial score (nSPS) is 25.4. The number of rotatable bonds is 9. The fourth-order valence-corrected chi connectivity index (χ4v) is 4.43. The van der Waals surface area contributed by atoms with Crippen molar-refractivity contribution in [1.82, 2.24) is 5.06 Å². The van der Waals surface area contributed by atoms with Gasteiger partial charge in [0.2, 0.25) is 0 Å². The van der Waals surface area contributed by atoms with Crippen LogP contribution in [0.4, 0.5) is 0 Å². The fourth-order valence-electron chi connectivity index (χ4n) is 4.43. The summed E-state index contributed by atoms with van der Waals surface area (Å²) in [4.78, 5) is 6.29. The van der Waals surface area contributed by atoms with Crippen LogP contribution in [0.2, 0.25) is 0 Å². The van der Waals surface area contributed by atoms with Crippen LogP contribution in [0.15, 0.2) is 24.3 Å². The molecule has 1 unspecified atom stereocenters. The summed E-state index contributed by atoms with van der Waals surface area (Å²) in [7, 11) is 3.44. The summed E-state index contributed by atoms with van der Waals surface area (Å²) in [6, 6.07) is 8.22. The third-order valence-electron chi connectivity index (χ3n) is 5.62. The second-order valence-corrected chi connectivity index (χ2v) is 9.09. The van der Waals surface area contributed by atoms with Gasteiger partial charge in [0, 0.05) is 38.1 Å². The van der Waals surface area contributed by atoms with Crippen molar-refractivity contribution in [2.45, 2.75) is 69.9 Å². The van der Waals surface area contributed by atoms with Crippen molar-refractivity contribution in [3.8, 4) is 5.75 Å². The molecule has 0 aromatic heterocycles. The largest absolute Gasteiger partial charge is 0.491 e. The number of hydroxylamine groups is 2. The highest BCUT2D eigenvalue weighted by atomic mass is 16.7. The van der Waals surface area contributed by atoms with E-state index in [2.05, 4.69) is 44.9 Å². The number of piperidine rings is 1. The second-order valence-electron chi connectivity index (χ2n) is 9.09.